The van der Waals surface area contributed by atoms with Gasteiger partial charge in [-0.1, -0.05) is 71.9 Å². The number of benzene rings is 3. The molecule has 0 aliphatic carbocycles. The molecule has 4 atom stereocenters. The molecule has 5 heterocycles. The van der Waals surface area contributed by atoms with E-state index in [1.807, 2.05) is 55.8 Å². The van der Waals surface area contributed by atoms with Crippen molar-refractivity contribution in [3.8, 4) is 34.0 Å². The van der Waals surface area contributed by atoms with Crippen molar-refractivity contribution in [3.05, 3.63) is 83.7 Å². The number of methoxy groups -OCH3 is 2. The van der Waals surface area contributed by atoms with E-state index in [-0.39, 0.29) is 35.7 Å². The lowest BCUT2D eigenvalue weighted by atomic mass is 9.73. The fraction of sp³-hybridized carbons (Fsp3) is 0.447. The van der Waals surface area contributed by atoms with E-state index in [0.717, 1.165) is 81.6 Å². The summed E-state index contributed by atoms with van der Waals surface area (Å²) in [5, 5.41) is 7.57. The van der Waals surface area contributed by atoms with Crippen LogP contribution in [0, 0.1) is 11.8 Å². The molecule has 15 nitrogen and oxygen atoms in total. The van der Waals surface area contributed by atoms with Gasteiger partial charge in [0.15, 0.2) is 0 Å². The van der Waals surface area contributed by atoms with Crippen LogP contribution >= 0.6 is 0 Å². The average Bonchev–Trinajstić information content (AvgIpc) is 4.10. The van der Waals surface area contributed by atoms with E-state index < -0.39 is 29.7 Å². The van der Waals surface area contributed by atoms with Crippen molar-refractivity contribution in [2.45, 2.75) is 96.8 Å². The summed E-state index contributed by atoms with van der Waals surface area (Å²) in [6.07, 6.45) is 5.57. The lowest BCUT2D eigenvalue weighted by Crippen LogP contribution is -2.51. The molecular weight excluding hydrogens is 789 g/mol. The first kappa shape index (κ1) is 42.3. The lowest BCUT2D eigenvalue weighted by Gasteiger charge is -2.35. The summed E-state index contributed by atoms with van der Waals surface area (Å²) in [5.41, 5.74) is 5.32. The highest BCUT2D eigenvalue weighted by Gasteiger charge is 2.40. The Kier molecular flexibility index (Phi) is 11.5. The minimum Gasteiger partial charge on any atom is -0.457 e. The first-order valence-corrected chi connectivity index (χ1v) is 21.5. The number of hydrogen-bond acceptors (Lipinski definition) is 9. The number of carbonyl (C=O) groups is 4. The SMILES string of the molecule is COC(=O)N[C@H](C(=O)N1CCC[C@H]1c1ncc(-c2ccc3c(c2)Oc2ccc4cc(-c5cnc([C@@H]6CCCN6C(=O)[C@@H](NC(=O)OC)C(C)C)[nH]5)ccc4c2C3(C)C)[nH]1)C(C)C. The van der Waals surface area contributed by atoms with Gasteiger partial charge in [-0.3, -0.25) is 9.59 Å². The molecule has 4 amide bonds. The lowest BCUT2D eigenvalue weighted by molar-refractivity contribution is -0.136. The van der Waals surface area contributed by atoms with Crippen molar-refractivity contribution in [2.24, 2.45) is 11.8 Å². The molecule has 0 spiro atoms. The second kappa shape index (κ2) is 16.8. The highest BCUT2D eigenvalue weighted by molar-refractivity contribution is 5.93. The molecule has 0 saturated carbocycles. The highest BCUT2D eigenvalue weighted by atomic mass is 16.5. The van der Waals surface area contributed by atoms with E-state index in [0.29, 0.717) is 24.7 Å². The monoisotopic (exact) mass is 844 g/mol. The maximum absolute atomic E-state index is 13.7. The molecule has 8 rings (SSSR count). The summed E-state index contributed by atoms with van der Waals surface area (Å²) in [6.45, 7) is 13.2. The second-order valence-electron chi connectivity index (χ2n) is 17.8. The molecule has 2 saturated heterocycles. The molecule has 62 heavy (non-hydrogen) atoms. The molecule has 0 bridgehead atoms. The summed E-state index contributed by atoms with van der Waals surface area (Å²) in [7, 11) is 2.58. The first-order chi connectivity index (χ1) is 29.7. The van der Waals surface area contributed by atoms with Crippen molar-refractivity contribution in [1.82, 2.24) is 40.4 Å². The third kappa shape index (κ3) is 7.73. The van der Waals surface area contributed by atoms with Crippen LogP contribution in [0.5, 0.6) is 11.5 Å². The maximum atomic E-state index is 13.7. The highest BCUT2D eigenvalue weighted by Crippen LogP contribution is 2.51. The molecule has 15 heteroatoms. The predicted molar refractivity (Wildman–Crippen MR) is 233 cm³/mol. The second-order valence-corrected chi connectivity index (χ2v) is 17.8. The normalized spacial score (nSPS) is 18.9. The third-order valence-corrected chi connectivity index (χ3v) is 12.8. The topological polar surface area (TPSA) is 184 Å². The van der Waals surface area contributed by atoms with E-state index in [9.17, 15) is 19.2 Å². The number of rotatable bonds is 10. The van der Waals surface area contributed by atoms with Gasteiger partial charge in [0.2, 0.25) is 11.8 Å². The average molecular weight is 845 g/mol. The van der Waals surface area contributed by atoms with Gasteiger partial charge >= 0.3 is 12.2 Å². The van der Waals surface area contributed by atoms with Gasteiger partial charge in [-0.25, -0.2) is 19.6 Å². The number of amides is 4. The first-order valence-electron chi connectivity index (χ1n) is 21.5. The summed E-state index contributed by atoms with van der Waals surface area (Å²) in [6, 6.07) is 14.9. The Balaban J connectivity index is 1.01. The number of nitrogens with one attached hydrogen (secondary N) is 4. The molecule has 4 N–H and O–H groups in total. The van der Waals surface area contributed by atoms with Crippen molar-refractivity contribution in [1.29, 1.82) is 0 Å². The maximum Gasteiger partial charge on any atom is 0.407 e. The smallest absolute Gasteiger partial charge is 0.407 e. The van der Waals surface area contributed by atoms with Crippen molar-refractivity contribution < 1.29 is 33.4 Å². The van der Waals surface area contributed by atoms with Crippen LogP contribution < -0.4 is 15.4 Å². The Bertz CT molecular complexity index is 2520. The minimum atomic E-state index is -0.707. The molecule has 0 radical (unpaired) electrons. The van der Waals surface area contributed by atoms with Crippen molar-refractivity contribution in [3.63, 3.8) is 0 Å². The van der Waals surface area contributed by atoms with Gasteiger partial charge in [0.1, 0.15) is 35.2 Å². The number of ether oxygens (including phenoxy) is 3. The van der Waals surface area contributed by atoms with Crippen LogP contribution in [0.1, 0.15) is 102 Å². The molecule has 3 aromatic carbocycles. The number of hydrogen-bond donors (Lipinski definition) is 4. The number of imidazole rings is 2. The molecule has 0 unspecified atom stereocenters. The number of aromatic nitrogens is 4. The minimum absolute atomic E-state index is 0.117. The number of carbonyl (C=O) groups excluding carboxylic acids is 4. The third-order valence-electron chi connectivity index (χ3n) is 12.8. The van der Waals surface area contributed by atoms with Crippen LogP contribution in [-0.2, 0) is 24.5 Å². The zero-order chi connectivity index (χ0) is 44.0. The van der Waals surface area contributed by atoms with E-state index >= 15 is 0 Å². The van der Waals surface area contributed by atoms with Crippen molar-refractivity contribution >= 4 is 34.8 Å². The molecule has 2 aromatic heterocycles. The zero-order valence-electron chi connectivity index (χ0n) is 36.6. The van der Waals surface area contributed by atoms with Gasteiger partial charge in [0.25, 0.3) is 0 Å². The van der Waals surface area contributed by atoms with Crippen LogP contribution in [0.4, 0.5) is 9.59 Å². The van der Waals surface area contributed by atoms with Gasteiger partial charge in [-0.05, 0) is 66.5 Å². The molecule has 3 aliphatic rings. The van der Waals surface area contributed by atoms with Crippen molar-refractivity contribution in [2.75, 3.05) is 27.3 Å². The van der Waals surface area contributed by atoms with E-state index in [2.05, 4.69) is 70.8 Å². The van der Waals surface area contributed by atoms with Gasteiger partial charge < -0.3 is 44.6 Å². The fourth-order valence-corrected chi connectivity index (χ4v) is 9.44. The Hall–Kier alpha value is -6.38. The molecule has 5 aromatic rings. The van der Waals surface area contributed by atoms with E-state index in [1.165, 1.54) is 14.2 Å². The van der Waals surface area contributed by atoms with Gasteiger partial charge in [0, 0.05) is 40.8 Å². The number of nitrogens with zero attached hydrogens (tertiary/aromatic N) is 4. The Morgan fingerprint density at radius 1 is 0.726 bits per heavy atom. The number of H-pyrrole nitrogens is 2. The van der Waals surface area contributed by atoms with E-state index in [4.69, 9.17) is 24.2 Å². The molecule has 326 valence electrons. The quantitative estimate of drug-likeness (QED) is 0.108. The van der Waals surface area contributed by atoms with Gasteiger partial charge in [-0.2, -0.15) is 0 Å². The summed E-state index contributed by atoms with van der Waals surface area (Å²) < 4.78 is 16.3. The summed E-state index contributed by atoms with van der Waals surface area (Å²) in [4.78, 5) is 71.6. The summed E-state index contributed by atoms with van der Waals surface area (Å²) in [5.74, 6) is 2.45. The number of likely N-dealkylation sites (tertiary alicyclic amines) is 2. The number of alkyl carbamates (subject to hydrolysis) is 2. The van der Waals surface area contributed by atoms with Crippen LogP contribution in [-0.4, -0.2) is 93.1 Å². The molecule has 3 aliphatic heterocycles. The van der Waals surface area contributed by atoms with Crippen LogP contribution in [0.25, 0.3) is 33.3 Å². The Morgan fingerprint density at radius 3 is 1.76 bits per heavy atom. The van der Waals surface area contributed by atoms with Crippen LogP contribution in [0.3, 0.4) is 0 Å². The largest absolute Gasteiger partial charge is 0.457 e. The van der Waals surface area contributed by atoms with Gasteiger partial charge in [0.05, 0.1) is 50.1 Å². The van der Waals surface area contributed by atoms with Crippen LogP contribution in [0.2, 0.25) is 0 Å². The predicted octanol–water partition coefficient (Wildman–Crippen LogP) is 8.14. The summed E-state index contributed by atoms with van der Waals surface area (Å²) >= 11 is 0. The zero-order valence-corrected chi connectivity index (χ0v) is 36.6. The van der Waals surface area contributed by atoms with Crippen LogP contribution in [0.15, 0.2) is 60.9 Å². The molecular formula is C47H56N8O7. The number of fused-ring (bicyclic) bond motifs is 4. The number of aromatic amines is 2. The molecule has 2 fully saturated rings. The van der Waals surface area contributed by atoms with Gasteiger partial charge in [-0.15, -0.1) is 0 Å². The standard InChI is InChI=1S/C47H56N8O7/c1-25(2)39(52-45(58)60-7)43(56)54-19-9-11-34(54)41-48-23-32(50-41)28-13-16-30-27(21-28)15-18-36-38(30)47(5,6)31-17-14-29(22-37(31)62-36)33-24-49-42(51-33)35-12-10-20-55(35)44(57)40(26(3)4)53-46(59)61-8/h13-18,21-26,34-35,39-40H,9-12,19-20H2,1-8H3,(H,48,50)(H,49,51)(H,52,58)(H,53,59)/t34-,35-,39-,40-/m0/s1. The Morgan fingerprint density at radius 2 is 1.24 bits per heavy atom. The Labute approximate surface area is 361 Å². The van der Waals surface area contributed by atoms with E-state index in [1.54, 1.807) is 6.20 Å². The fourth-order valence-electron chi connectivity index (χ4n) is 9.44.